The molecule has 0 spiro atoms. The molecule has 0 bridgehead atoms. The number of hydrogen-bond acceptors (Lipinski definition) is 4. The predicted octanol–water partition coefficient (Wildman–Crippen LogP) is 2.45. The molecule has 0 aliphatic carbocycles. The number of ether oxygens (including phenoxy) is 1. The third-order valence-electron chi connectivity index (χ3n) is 4.90. The van der Waals surface area contributed by atoms with Crippen LogP contribution in [-0.2, 0) is 4.74 Å². The molecule has 2 aliphatic heterocycles. The van der Waals surface area contributed by atoms with E-state index in [1.807, 2.05) is 6.92 Å². The van der Waals surface area contributed by atoms with E-state index in [9.17, 15) is 8.78 Å². The Morgan fingerprint density at radius 1 is 1.33 bits per heavy atom. The van der Waals surface area contributed by atoms with Crippen molar-refractivity contribution in [1.29, 1.82) is 0 Å². The van der Waals surface area contributed by atoms with Crippen LogP contribution in [0.5, 0.6) is 0 Å². The highest BCUT2D eigenvalue weighted by atomic mass is 19.1. The molecule has 3 atom stereocenters. The third-order valence-corrected chi connectivity index (χ3v) is 4.90. The molecule has 2 N–H and O–H groups in total. The molecule has 2 saturated heterocycles. The molecule has 130 valence electrons. The number of aliphatic imine (C=N–C) groups is 1. The third kappa shape index (κ3) is 3.27. The van der Waals surface area contributed by atoms with Gasteiger partial charge in [0.15, 0.2) is 0 Å². The van der Waals surface area contributed by atoms with E-state index in [1.54, 1.807) is 7.05 Å². The predicted molar refractivity (Wildman–Crippen MR) is 90.1 cm³/mol. The van der Waals surface area contributed by atoms with Gasteiger partial charge in [-0.15, -0.1) is 0 Å². The van der Waals surface area contributed by atoms with E-state index < -0.39 is 17.7 Å². The summed E-state index contributed by atoms with van der Waals surface area (Å²) in [5.41, 5.74) is 8.75. The first-order chi connectivity index (χ1) is 11.5. The first kappa shape index (κ1) is 17.2. The molecule has 2 fully saturated rings. The number of nitrogens with zero attached hydrogens (tertiary/aromatic N) is 2. The van der Waals surface area contributed by atoms with Gasteiger partial charge >= 0.3 is 0 Å². The molecule has 3 rings (SSSR count). The van der Waals surface area contributed by atoms with Crippen LogP contribution in [0.15, 0.2) is 34.8 Å². The van der Waals surface area contributed by atoms with Crippen molar-refractivity contribution in [2.45, 2.75) is 31.5 Å². The maximum atomic E-state index is 14.0. The monoisotopic (exact) mass is 335 g/mol. The van der Waals surface area contributed by atoms with Gasteiger partial charge in [-0.25, -0.2) is 8.78 Å². The van der Waals surface area contributed by atoms with Gasteiger partial charge < -0.3 is 10.5 Å². The number of hydrogen-bond donors (Lipinski definition) is 1. The Morgan fingerprint density at radius 3 is 2.75 bits per heavy atom. The van der Waals surface area contributed by atoms with Crippen LogP contribution in [0, 0.1) is 11.6 Å². The molecule has 6 heteroatoms. The topological polar surface area (TPSA) is 50.9 Å². The van der Waals surface area contributed by atoms with E-state index in [0.717, 1.165) is 30.9 Å². The van der Waals surface area contributed by atoms with Gasteiger partial charge in [-0.2, -0.15) is 0 Å². The van der Waals surface area contributed by atoms with Crippen molar-refractivity contribution < 1.29 is 13.5 Å². The fraction of sp³-hybridized carbons (Fsp3) is 0.500. The minimum atomic E-state index is -0.611. The minimum absolute atomic E-state index is 0.155. The van der Waals surface area contributed by atoms with Crippen LogP contribution in [0.25, 0.3) is 0 Å². The SMILES string of the molecule is C/C=C1/CN([C@H]2CO[C@H](c3cc(F)ccc3F)[C@@H](N)C2)CC1=NC. The van der Waals surface area contributed by atoms with Gasteiger partial charge in [0.25, 0.3) is 0 Å². The second-order valence-electron chi connectivity index (χ2n) is 6.36. The summed E-state index contributed by atoms with van der Waals surface area (Å²) < 4.78 is 33.3. The quantitative estimate of drug-likeness (QED) is 0.903. The van der Waals surface area contributed by atoms with Gasteiger partial charge in [0.05, 0.1) is 12.3 Å². The lowest BCUT2D eigenvalue weighted by Crippen LogP contribution is -2.48. The highest BCUT2D eigenvalue weighted by Crippen LogP contribution is 2.32. The van der Waals surface area contributed by atoms with Gasteiger partial charge in [0, 0.05) is 37.8 Å². The van der Waals surface area contributed by atoms with Crippen molar-refractivity contribution in [2.75, 3.05) is 26.7 Å². The normalized spacial score (nSPS) is 32.0. The maximum absolute atomic E-state index is 14.0. The standard InChI is InChI=1S/C18H23F2N3O/c1-3-11-8-23(9-17(11)22-2)13-7-16(21)18(24-10-13)14-6-12(19)4-5-15(14)20/h3-6,13,16,18H,7-10,21H2,1-2H3/b11-3-,22-17?/t13-,16+,18-/m1/s1. The zero-order valence-electron chi connectivity index (χ0n) is 14.0. The molecule has 2 aliphatic rings. The van der Waals surface area contributed by atoms with Crippen LogP contribution in [0.4, 0.5) is 8.78 Å². The van der Waals surface area contributed by atoms with E-state index in [2.05, 4.69) is 16.0 Å². The largest absolute Gasteiger partial charge is 0.370 e. The summed E-state index contributed by atoms with van der Waals surface area (Å²) in [5, 5.41) is 0. The van der Waals surface area contributed by atoms with Crippen LogP contribution in [0.1, 0.15) is 25.0 Å². The van der Waals surface area contributed by atoms with Crippen LogP contribution < -0.4 is 5.73 Å². The number of rotatable bonds is 2. The van der Waals surface area contributed by atoms with Gasteiger partial charge in [-0.1, -0.05) is 6.08 Å². The summed E-state index contributed by atoms with van der Waals surface area (Å²) in [7, 11) is 1.80. The van der Waals surface area contributed by atoms with Gasteiger partial charge in [-0.3, -0.25) is 9.89 Å². The smallest absolute Gasteiger partial charge is 0.129 e. The first-order valence-electron chi connectivity index (χ1n) is 8.21. The Kier molecular flexibility index (Phi) is 5.08. The molecule has 1 aromatic carbocycles. The fourth-order valence-corrected chi connectivity index (χ4v) is 3.54. The Labute approximate surface area is 141 Å². The van der Waals surface area contributed by atoms with E-state index in [0.29, 0.717) is 13.0 Å². The minimum Gasteiger partial charge on any atom is -0.370 e. The number of allylic oxidation sites excluding steroid dienone is 1. The van der Waals surface area contributed by atoms with Crippen LogP contribution in [-0.4, -0.2) is 49.4 Å². The molecule has 0 saturated carbocycles. The van der Waals surface area contributed by atoms with Crippen molar-refractivity contribution in [3.63, 3.8) is 0 Å². The molecular weight excluding hydrogens is 312 g/mol. The molecule has 1 aromatic rings. The Morgan fingerprint density at radius 2 is 2.12 bits per heavy atom. The zero-order chi connectivity index (χ0) is 17.3. The Balaban J connectivity index is 1.71. The summed E-state index contributed by atoms with van der Waals surface area (Å²) >= 11 is 0. The van der Waals surface area contributed by atoms with E-state index in [4.69, 9.17) is 10.5 Å². The summed E-state index contributed by atoms with van der Waals surface area (Å²) in [6.07, 6.45) is 2.14. The van der Waals surface area contributed by atoms with Crippen molar-refractivity contribution in [3.8, 4) is 0 Å². The summed E-state index contributed by atoms with van der Waals surface area (Å²) in [6.45, 7) is 4.05. The highest BCUT2D eigenvalue weighted by Gasteiger charge is 2.37. The molecular formula is C18H23F2N3O. The highest BCUT2D eigenvalue weighted by molar-refractivity contribution is 6.03. The van der Waals surface area contributed by atoms with Crippen LogP contribution in [0.2, 0.25) is 0 Å². The molecule has 24 heavy (non-hydrogen) atoms. The Hall–Kier alpha value is -1.63. The number of benzene rings is 1. The van der Waals surface area contributed by atoms with Crippen molar-refractivity contribution in [2.24, 2.45) is 10.7 Å². The first-order valence-corrected chi connectivity index (χ1v) is 8.21. The molecule has 2 heterocycles. The summed E-state index contributed by atoms with van der Waals surface area (Å²) in [6, 6.07) is 3.18. The number of nitrogens with two attached hydrogens (primary N) is 1. The van der Waals surface area contributed by atoms with E-state index in [-0.39, 0.29) is 17.6 Å². The molecule has 0 unspecified atom stereocenters. The summed E-state index contributed by atoms with van der Waals surface area (Å²) in [5.74, 6) is -0.960. The fourth-order valence-electron chi connectivity index (χ4n) is 3.54. The van der Waals surface area contributed by atoms with E-state index in [1.165, 1.54) is 11.6 Å². The van der Waals surface area contributed by atoms with Gasteiger partial charge in [-0.05, 0) is 37.1 Å². The van der Waals surface area contributed by atoms with Gasteiger partial charge in [0.1, 0.15) is 17.7 Å². The molecule has 4 nitrogen and oxygen atoms in total. The zero-order valence-corrected chi connectivity index (χ0v) is 14.0. The van der Waals surface area contributed by atoms with E-state index >= 15 is 0 Å². The molecule has 0 amide bonds. The average molecular weight is 335 g/mol. The second-order valence-corrected chi connectivity index (χ2v) is 6.36. The lowest BCUT2D eigenvalue weighted by atomic mass is 9.93. The summed E-state index contributed by atoms with van der Waals surface area (Å²) in [4.78, 5) is 6.62. The maximum Gasteiger partial charge on any atom is 0.129 e. The molecule has 0 aromatic heterocycles. The average Bonchev–Trinajstić information content (AvgIpc) is 3.00. The lowest BCUT2D eigenvalue weighted by molar-refractivity contribution is -0.0452. The second kappa shape index (κ2) is 7.09. The van der Waals surface area contributed by atoms with Crippen molar-refractivity contribution >= 4 is 5.71 Å². The Bertz CT molecular complexity index is 654. The van der Waals surface area contributed by atoms with Crippen molar-refractivity contribution in [3.05, 3.63) is 47.0 Å². The van der Waals surface area contributed by atoms with Crippen LogP contribution >= 0.6 is 0 Å². The number of likely N-dealkylation sites (tertiary alicyclic amines) is 1. The number of halogens is 2. The molecule has 0 radical (unpaired) electrons. The van der Waals surface area contributed by atoms with Crippen LogP contribution in [0.3, 0.4) is 0 Å². The van der Waals surface area contributed by atoms with Gasteiger partial charge in [0.2, 0.25) is 0 Å². The lowest BCUT2D eigenvalue weighted by Gasteiger charge is -2.38. The van der Waals surface area contributed by atoms with Crippen molar-refractivity contribution in [1.82, 2.24) is 4.90 Å².